The van der Waals surface area contributed by atoms with E-state index in [1.807, 2.05) is 0 Å². The summed E-state index contributed by atoms with van der Waals surface area (Å²) < 4.78 is 11.2. The Bertz CT molecular complexity index is 331. The summed E-state index contributed by atoms with van der Waals surface area (Å²) in [6.45, 7) is 0. The van der Waals surface area contributed by atoms with Crippen molar-refractivity contribution in [1.82, 2.24) is 0 Å². The van der Waals surface area contributed by atoms with E-state index in [-0.39, 0.29) is 0 Å². The van der Waals surface area contributed by atoms with Crippen molar-refractivity contribution in [3.05, 3.63) is 0 Å². The zero-order chi connectivity index (χ0) is 14.8. The summed E-state index contributed by atoms with van der Waals surface area (Å²) >= 11 is 4.35. The van der Waals surface area contributed by atoms with E-state index in [2.05, 4.69) is 23.5 Å². The number of hydrogen-bond donors (Lipinski definition) is 0. The van der Waals surface area contributed by atoms with Crippen molar-refractivity contribution in [2.45, 2.75) is 75.8 Å². The zero-order valence-electron chi connectivity index (χ0n) is 13.6. The number of rotatable bonds is 9. The number of hydrogen-bond acceptors (Lipinski definition) is 4. The fourth-order valence-electron chi connectivity index (χ4n) is 4.32. The molecule has 2 saturated carbocycles. The first kappa shape index (κ1) is 16.1. The van der Waals surface area contributed by atoms with Gasteiger partial charge in [-0.25, -0.2) is 0 Å². The van der Waals surface area contributed by atoms with Crippen LogP contribution < -0.4 is 0 Å². The van der Waals surface area contributed by atoms with E-state index < -0.39 is 0 Å². The summed E-state index contributed by atoms with van der Waals surface area (Å²) in [7, 11) is 0. The Hall–Kier alpha value is 0.620. The average molecular weight is 343 g/mol. The molecule has 2 heterocycles. The van der Waals surface area contributed by atoms with Crippen molar-refractivity contribution < 1.29 is 9.47 Å². The monoisotopic (exact) mass is 342 g/mol. The minimum atomic E-state index is 0.662. The van der Waals surface area contributed by atoms with E-state index in [0.717, 1.165) is 11.8 Å². The maximum Gasteiger partial charge on any atom is 0.0844 e. The topological polar surface area (TPSA) is 25.1 Å². The van der Waals surface area contributed by atoms with E-state index >= 15 is 0 Å². The van der Waals surface area contributed by atoms with Gasteiger partial charge in [0, 0.05) is 11.5 Å². The molecule has 22 heavy (non-hydrogen) atoms. The molecule has 0 aromatic heterocycles. The molecule has 6 unspecified atom stereocenters. The van der Waals surface area contributed by atoms with Gasteiger partial charge in [0.1, 0.15) is 0 Å². The summed E-state index contributed by atoms with van der Waals surface area (Å²) in [5.74, 6) is 7.35. The van der Waals surface area contributed by atoms with E-state index in [0.29, 0.717) is 24.4 Å². The fraction of sp³-hybridized carbons (Fsp3) is 1.00. The summed E-state index contributed by atoms with van der Waals surface area (Å²) in [5, 5.41) is 0. The van der Waals surface area contributed by atoms with Crippen molar-refractivity contribution in [2.24, 2.45) is 11.8 Å². The van der Waals surface area contributed by atoms with Crippen LogP contribution in [-0.2, 0) is 9.47 Å². The second kappa shape index (κ2) is 7.67. The Balaban J connectivity index is 0.953. The molecule has 0 radical (unpaired) electrons. The zero-order valence-corrected chi connectivity index (χ0v) is 15.2. The molecule has 0 amide bonds. The lowest BCUT2D eigenvalue weighted by molar-refractivity contribution is 0.358. The van der Waals surface area contributed by atoms with Gasteiger partial charge in [-0.15, -0.1) is 0 Å². The van der Waals surface area contributed by atoms with E-state index in [9.17, 15) is 0 Å². The Labute approximate surface area is 143 Å². The van der Waals surface area contributed by atoms with Gasteiger partial charge in [-0.1, -0.05) is 0 Å². The lowest BCUT2D eigenvalue weighted by Gasteiger charge is -2.18. The first-order valence-corrected chi connectivity index (χ1v) is 11.7. The molecule has 126 valence electrons. The van der Waals surface area contributed by atoms with Crippen LogP contribution in [0.1, 0.15) is 51.4 Å². The van der Waals surface area contributed by atoms with Crippen LogP contribution in [0.15, 0.2) is 0 Å². The first-order valence-electron chi connectivity index (χ1n) is 9.35. The summed E-state index contributed by atoms with van der Waals surface area (Å²) in [4.78, 5) is 0. The maximum absolute atomic E-state index is 5.62. The standard InChI is InChI=1S/C18H30O2S2/c1-3-15-17(19-15)11-13(1)5-7-21-9-10-22-8-6-14-2-4-16-18(12-14)20-16/h13-18H,1-12H2. The number of fused-ring (bicyclic) bond motifs is 2. The number of ether oxygens (including phenoxy) is 2. The van der Waals surface area contributed by atoms with Crippen LogP contribution in [0.4, 0.5) is 0 Å². The third-order valence-corrected chi connectivity index (χ3v) is 8.23. The highest BCUT2D eigenvalue weighted by Gasteiger charge is 2.44. The van der Waals surface area contributed by atoms with Gasteiger partial charge in [-0.2, -0.15) is 23.5 Å². The molecule has 0 spiro atoms. The molecule has 0 aromatic carbocycles. The van der Waals surface area contributed by atoms with Crippen molar-refractivity contribution in [2.75, 3.05) is 23.0 Å². The molecule has 0 N–H and O–H groups in total. The second-order valence-corrected chi connectivity index (χ2v) is 10.0. The highest BCUT2D eigenvalue weighted by molar-refractivity contribution is 8.02. The molecule has 4 rings (SSSR count). The molecule has 2 saturated heterocycles. The molecular weight excluding hydrogens is 312 g/mol. The van der Waals surface area contributed by atoms with Gasteiger partial charge in [0.05, 0.1) is 24.4 Å². The van der Waals surface area contributed by atoms with E-state index in [4.69, 9.17) is 9.47 Å². The van der Waals surface area contributed by atoms with Crippen molar-refractivity contribution in [1.29, 1.82) is 0 Å². The summed E-state index contributed by atoms with van der Waals surface area (Å²) in [5.41, 5.74) is 0. The molecule has 2 aliphatic heterocycles. The van der Waals surface area contributed by atoms with E-state index in [1.165, 1.54) is 74.4 Å². The Morgan fingerprint density at radius 2 is 1.09 bits per heavy atom. The average Bonchev–Trinajstić information content (AvgIpc) is 3.43. The highest BCUT2D eigenvalue weighted by Crippen LogP contribution is 2.41. The molecule has 2 aliphatic carbocycles. The molecule has 6 atom stereocenters. The highest BCUT2D eigenvalue weighted by atomic mass is 32.2. The third kappa shape index (κ3) is 4.58. The SMILES string of the molecule is C(CSCCC1CCC2OC2C1)SCCC1CCC2OC2C1. The summed E-state index contributed by atoms with van der Waals surface area (Å²) in [6, 6.07) is 0. The predicted molar refractivity (Wildman–Crippen MR) is 95.9 cm³/mol. The fourth-order valence-corrected chi connectivity index (χ4v) is 6.67. The summed E-state index contributed by atoms with van der Waals surface area (Å²) in [6.07, 6.45) is 13.7. The molecule has 4 fully saturated rings. The smallest absolute Gasteiger partial charge is 0.0844 e. The lowest BCUT2D eigenvalue weighted by Crippen LogP contribution is -2.14. The number of thioether (sulfide) groups is 2. The minimum Gasteiger partial charge on any atom is -0.370 e. The van der Waals surface area contributed by atoms with Crippen LogP contribution in [-0.4, -0.2) is 47.4 Å². The quantitative estimate of drug-likeness (QED) is 0.459. The van der Waals surface area contributed by atoms with Gasteiger partial charge in [0.15, 0.2) is 0 Å². The van der Waals surface area contributed by atoms with Crippen LogP contribution in [0.2, 0.25) is 0 Å². The first-order chi connectivity index (χ1) is 10.9. The van der Waals surface area contributed by atoms with Crippen LogP contribution in [0.3, 0.4) is 0 Å². The normalized spacial score (nSPS) is 42.5. The Morgan fingerprint density at radius 1 is 0.591 bits per heavy atom. The van der Waals surface area contributed by atoms with Crippen molar-refractivity contribution in [3.63, 3.8) is 0 Å². The van der Waals surface area contributed by atoms with Crippen LogP contribution >= 0.6 is 23.5 Å². The third-order valence-electron chi connectivity index (χ3n) is 5.94. The largest absolute Gasteiger partial charge is 0.370 e. The van der Waals surface area contributed by atoms with Gasteiger partial charge < -0.3 is 9.47 Å². The lowest BCUT2D eigenvalue weighted by atomic mass is 9.88. The van der Waals surface area contributed by atoms with E-state index in [1.54, 1.807) is 0 Å². The molecular formula is C18H30O2S2. The Kier molecular flexibility index (Phi) is 5.62. The van der Waals surface area contributed by atoms with Crippen LogP contribution in [0, 0.1) is 11.8 Å². The second-order valence-electron chi connectivity index (χ2n) is 7.59. The van der Waals surface area contributed by atoms with Gasteiger partial charge in [0.2, 0.25) is 0 Å². The molecule has 0 aromatic rings. The molecule has 4 heteroatoms. The van der Waals surface area contributed by atoms with Crippen molar-refractivity contribution >= 4 is 23.5 Å². The van der Waals surface area contributed by atoms with Gasteiger partial charge >= 0.3 is 0 Å². The Morgan fingerprint density at radius 3 is 1.55 bits per heavy atom. The van der Waals surface area contributed by atoms with Crippen molar-refractivity contribution in [3.8, 4) is 0 Å². The molecule has 0 bridgehead atoms. The van der Waals surface area contributed by atoms with Crippen LogP contribution in [0.5, 0.6) is 0 Å². The molecule has 4 aliphatic rings. The molecule has 2 nitrogen and oxygen atoms in total. The van der Waals surface area contributed by atoms with Gasteiger partial charge in [-0.05, 0) is 74.7 Å². The maximum atomic E-state index is 5.62. The predicted octanol–water partition coefficient (Wildman–Crippen LogP) is 4.37. The number of epoxide rings is 2. The van der Waals surface area contributed by atoms with Gasteiger partial charge in [-0.3, -0.25) is 0 Å². The van der Waals surface area contributed by atoms with Gasteiger partial charge in [0.25, 0.3) is 0 Å². The minimum absolute atomic E-state index is 0.662. The van der Waals surface area contributed by atoms with Crippen LogP contribution in [0.25, 0.3) is 0 Å².